The molecule has 2 N–H and O–H groups in total. The normalized spacial score (nSPS) is 15.7. The summed E-state index contributed by atoms with van der Waals surface area (Å²) in [7, 11) is 1.38. The van der Waals surface area contributed by atoms with Crippen LogP contribution in [0.2, 0.25) is 0 Å². The first-order chi connectivity index (χ1) is 8.88. The minimum absolute atomic E-state index is 0.328. The Balaban J connectivity index is 2.79. The van der Waals surface area contributed by atoms with Gasteiger partial charge in [-0.1, -0.05) is 32.0 Å². The van der Waals surface area contributed by atoms with E-state index in [1.807, 2.05) is 0 Å². The summed E-state index contributed by atoms with van der Waals surface area (Å²) in [6.45, 7) is 8.59. The van der Waals surface area contributed by atoms with Crippen molar-refractivity contribution in [2.45, 2.75) is 46.1 Å². The van der Waals surface area contributed by atoms with E-state index in [2.05, 4.69) is 50.6 Å². The third-order valence-electron chi connectivity index (χ3n) is 4.12. The molecule has 1 aromatic rings. The molecule has 106 valence electrons. The Morgan fingerprint density at radius 1 is 1.32 bits per heavy atom. The van der Waals surface area contributed by atoms with Crippen molar-refractivity contribution in [3.8, 4) is 0 Å². The average molecular weight is 263 g/mol. The molecule has 0 aliphatic rings. The van der Waals surface area contributed by atoms with Crippen LogP contribution in [-0.4, -0.2) is 19.1 Å². The van der Waals surface area contributed by atoms with E-state index >= 15 is 0 Å². The first kappa shape index (κ1) is 15.7. The van der Waals surface area contributed by atoms with Gasteiger partial charge >= 0.3 is 5.97 Å². The first-order valence-electron chi connectivity index (χ1n) is 6.78. The number of esters is 1. The van der Waals surface area contributed by atoms with Crippen molar-refractivity contribution in [1.82, 2.24) is 0 Å². The van der Waals surface area contributed by atoms with Gasteiger partial charge in [0, 0.05) is 0 Å². The van der Waals surface area contributed by atoms with E-state index in [9.17, 15) is 4.79 Å². The number of carbonyl (C=O) groups excluding carboxylic acids is 1. The van der Waals surface area contributed by atoms with Crippen LogP contribution in [-0.2, 0) is 9.53 Å². The first-order valence-corrected chi connectivity index (χ1v) is 6.78. The zero-order valence-corrected chi connectivity index (χ0v) is 12.6. The van der Waals surface area contributed by atoms with E-state index in [-0.39, 0.29) is 5.97 Å². The molecular formula is C16H25NO2. The van der Waals surface area contributed by atoms with Crippen LogP contribution >= 0.6 is 0 Å². The van der Waals surface area contributed by atoms with Crippen LogP contribution in [0.1, 0.15) is 42.9 Å². The van der Waals surface area contributed by atoms with E-state index in [0.717, 1.165) is 0 Å². The minimum Gasteiger partial charge on any atom is -0.468 e. The molecule has 0 saturated carbocycles. The highest BCUT2D eigenvalue weighted by molar-refractivity contribution is 5.75. The van der Waals surface area contributed by atoms with Crippen molar-refractivity contribution in [3.63, 3.8) is 0 Å². The second-order valence-corrected chi connectivity index (χ2v) is 5.42. The highest BCUT2D eigenvalue weighted by atomic mass is 16.5. The number of hydrogen-bond donors (Lipinski definition) is 1. The quantitative estimate of drug-likeness (QED) is 0.831. The van der Waals surface area contributed by atoms with Gasteiger partial charge in [0.2, 0.25) is 0 Å². The smallest absolute Gasteiger partial charge is 0.322 e. The van der Waals surface area contributed by atoms with Crippen molar-refractivity contribution in [2.24, 2.45) is 11.7 Å². The summed E-state index contributed by atoms with van der Waals surface area (Å²) in [4.78, 5) is 11.4. The predicted molar refractivity (Wildman–Crippen MR) is 78.1 cm³/mol. The van der Waals surface area contributed by atoms with E-state index < -0.39 is 6.04 Å². The highest BCUT2D eigenvalue weighted by Gasteiger charge is 2.23. The lowest BCUT2D eigenvalue weighted by Crippen LogP contribution is -2.34. The molecule has 0 aromatic heterocycles. The Morgan fingerprint density at radius 2 is 1.95 bits per heavy atom. The van der Waals surface area contributed by atoms with E-state index in [1.54, 1.807) is 0 Å². The summed E-state index contributed by atoms with van der Waals surface area (Å²) in [5, 5.41) is 0. The number of rotatable bonds is 5. The third kappa shape index (κ3) is 3.80. The fraction of sp³-hybridized carbons (Fsp3) is 0.562. The summed E-state index contributed by atoms with van der Waals surface area (Å²) in [6.07, 6.45) is 0.640. The lowest BCUT2D eigenvalue weighted by molar-refractivity contribution is -0.142. The molecule has 0 amide bonds. The van der Waals surface area contributed by atoms with Crippen molar-refractivity contribution >= 4 is 5.97 Å². The third-order valence-corrected chi connectivity index (χ3v) is 4.12. The van der Waals surface area contributed by atoms with Crippen molar-refractivity contribution in [2.75, 3.05) is 7.11 Å². The second-order valence-electron chi connectivity index (χ2n) is 5.42. The number of benzene rings is 1. The molecule has 1 rings (SSSR count). The van der Waals surface area contributed by atoms with Gasteiger partial charge < -0.3 is 10.5 Å². The number of nitrogens with two attached hydrogens (primary N) is 1. The Labute approximate surface area is 116 Å². The van der Waals surface area contributed by atoms with E-state index in [4.69, 9.17) is 5.73 Å². The molecule has 3 nitrogen and oxygen atoms in total. The Hall–Kier alpha value is -1.35. The fourth-order valence-electron chi connectivity index (χ4n) is 2.43. The van der Waals surface area contributed by atoms with Gasteiger partial charge in [-0.15, -0.1) is 0 Å². The molecule has 0 aliphatic heterocycles. The maximum Gasteiger partial charge on any atom is 0.322 e. The molecule has 0 saturated heterocycles. The monoisotopic (exact) mass is 263 g/mol. The molecule has 0 heterocycles. The van der Waals surface area contributed by atoms with Gasteiger partial charge in [-0.2, -0.15) is 0 Å². The molecule has 0 bridgehead atoms. The van der Waals surface area contributed by atoms with Crippen LogP contribution in [0.3, 0.4) is 0 Å². The number of aryl methyl sites for hydroxylation is 1. The average Bonchev–Trinajstić information content (AvgIpc) is 2.39. The van der Waals surface area contributed by atoms with Crippen LogP contribution in [0.4, 0.5) is 0 Å². The van der Waals surface area contributed by atoms with Gasteiger partial charge in [0.05, 0.1) is 7.11 Å². The molecule has 3 heteroatoms. The molecule has 3 unspecified atom stereocenters. The van der Waals surface area contributed by atoms with Crippen LogP contribution in [0.5, 0.6) is 0 Å². The minimum atomic E-state index is -0.535. The molecule has 0 fully saturated rings. The van der Waals surface area contributed by atoms with Crippen molar-refractivity contribution in [1.29, 1.82) is 0 Å². The lowest BCUT2D eigenvalue weighted by atomic mass is 9.82. The number of carbonyl (C=O) groups is 1. The molecule has 0 radical (unpaired) electrons. The maximum absolute atomic E-state index is 11.4. The zero-order chi connectivity index (χ0) is 14.6. The number of ether oxygens (including phenoxy) is 1. The fourth-order valence-corrected chi connectivity index (χ4v) is 2.43. The molecule has 19 heavy (non-hydrogen) atoms. The largest absolute Gasteiger partial charge is 0.468 e. The van der Waals surface area contributed by atoms with E-state index in [0.29, 0.717) is 18.3 Å². The summed E-state index contributed by atoms with van der Waals surface area (Å²) >= 11 is 0. The van der Waals surface area contributed by atoms with Crippen LogP contribution in [0.25, 0.3) is 0 Å². The molecule has 1 aromatic carbocycles. The number of hydrogen-bond acceptors (Lipinski definition) is 3. The Bertz CT molecular complexity index is 442. The van der Waals surface area contributed by atoms with Crippen molar-refractivity contribution < 1.29 is 9.53 Å². The van der Waals surface area contributed by atoms with Crippen molar-refractivity contribution in [3.05, 3.63) is 34.9 Å². The van der Waals surface area contributed by atoms with Gasteiger partial charge in [-0.05, 0) is 48.8 Å². The van der Waals surface area contributed by atoms with E-state index in [1.165, 1.54) is 23.8 Å². The highest BCUT2D eigenvalue weighted by Crippen LogP contribution is 2.30. The molecule has 3 atom stereocenters. The summed E-state index contributed by atoms with van der Waals surface area (Å²) in [6, 6.07) is 5.83. The summed E-state index contributed by atoms with van der Waals surface area (Å²) in [5.41, 5.74) is 9.80. The lowest BCUT2D eigenvalue weighted by Gasteiger charge is -2.24. The molecule has 0 aliphatic carbocycles. The maximum atomic E-state index is 11.4. The van der Waals surface area contributed by atoms with Gasteiger partial charge in [-0.25, -0.2) is 0 Å². The Kier molecular flexibility index (Phi) is 5.55. The van der Waals surface area contributed by atoms with Crippen LogP contribution < -0.4 is 5.73 Å². The number of methoxy groups -OCH3 is 1. The Morgan fingerprint density at radius 3 is 2.53 bits per heavy atom. The van der Waals surface area contributed by atoms with Gasteiger partial charge in [-0.3, -0.25) is 4.79 Å². The molecule has 0 spiro atoms. The van der Waals surface area contributed by atoms with Gasteiger partial charge in [0.15, 0.2) is 0 Å². The topological polar surface area (TPSA) is 52.3 Å². The standard InChI is InChI=1S/C16H25NO2/c1-10-7-6-8-14(12(10)3)13(4)11(2)9-15(17)16(18)19-5/h6-8,11,13,15H,9,17H2,1-5H3. The van der Waals surface area contributed by atoms with Gasteiger partial charge in [0.25, 0.3) is 0 Å². The van der Waals surface area contributed by atoms with Crippen LogP contribution in [0, 0.1) is 19.8 Å². The molecular weight excluding hydrogens is 238 g/mol. The SMILES string of the molecule is COC(=O)C(N)CC(C)C(C)c1cccc(C)c1C. The predicted octanol–water partition coefficient (Wildman–Crippen LogP) is 2.93. The van der Waals surface area contributed by atoms with Crippen LogP contribution in [0.15, 0.2) is 18.2 Å². The zero-order valence-electron chi connectivity index (χ0n) is 12.6. The second kappa shape index (κ2) is 6.71. The summed E-state index contributed by atoms with van der Waals surface area (Å²) < 4.78 is 4.68. The van der Waals surface area contributed by atoms with Gasteiger partial charge in [0.1, 0.15) is 6.04 Å². The summed E-state index contributed by atoms with van der Waals surface area (Å²) in [5.74, 6) is 0.366.